The van der Waals surface area contributed by atoms with Crippen LogP contribution in [0.3, 0.4) is 0 Å². The number of halogens is 1. The average Bonchev–Trinajstić information content (AvgIpc) is 2.57. The maximum atomic E-state index is 6.08. The van der Waals surface area contributed by atoms with Gasteiger partial charge in [0.2, 0.25) is 0 Å². The van der Waals surface area contributed by atoms with Crippen molar-refractivity contribution in [1.82, 2.24) is 10.6 Å². The fourth-order valence-corrected chi connectivity index (χ4v) is 2.53. The Morgan fingerprint density at radius 2 is 2.00 bits per heavy atom. The number of nitrogens with one attached hydrogen (secondary N) is 2. The number of nitrogens with zero attached hydrogens (tertiary/aromatic N) is 1. The third kappa shape index (κ3) is 8.58. The monoisotopic (exact) mass is 475 g/mol. The van der Waals surface area contributed by atoms with Gasteiger partial charge >= 0.3 is 0 Å². The standard InChI is InChI=1S/C20H33N3O2.HI/c1-16(2)15-24-13-7-12-22-20(21-3)23-14-17-8-4-5-11-19(17)25-18-9-6-10-18;/h4-5,8,11,16,18H,6-7,9-10,12-15H2,1-3H3,(H2,21,22,23);1H. The maximum Gasteiger partial charge on any atom is 0.191 e. The van der Waals surface area contributed by atoms with Gasteiger partial charge in [-0.15, -0.1) is 24.0 Å². The highest BCUT2D eigenvalue weighted by atomic mass is 127. The molecule has 1 aliphatic rings. The second-order valence-electron chi connectivity index (χ2n) is 6.95. The van der Waals surface area contributed by atoms with Crippen molar-refractivity contribution in [1.29, 1.82) is 0 Å². The van der Waals surface area contributed by atoms with E-state index in [1.165, 1.54) is 19.3 Å². The Kier molecular flexibility index (Phi) is 11.7. The van der Waals surface area contributed by atoms with Crippen molar-refractivity contribution >= 4 is 29.9 Å². The first-order valence-electron chi connectivity index (χ1n) is 9.46. The topological polar surface area (TPSA) is 54.9 Å². The van der Waals surface area contributed by atoms with Crippen molar-refractivity contribution in [2.24, 2.45) is 10.9 Å². The minimum absolute atomic E-state index is 0. The van der Waals surface area contributed by atoms with Crippen LogP contribution >= 0.6 is 24.0 Å². The summed E-state index contributed by atoms with van der Waals surface area (Å²) >= 11 is 0. The molecule has 1 fully saturated rings. The summed E-state index contributed by atoms with van der Waals surface area (Å²) in [6, 6.07) is 8.24. The fraction of sp³-hybridized carbons (Fsp3) is 0.650. The number of hydrogen-bond donors (Lipinski definition) is 2. The molecule has 0 atom stereocenters. The number of rotatable bonds is 10. The SMILES string of the molecule is CN=C(NCCCOCC(C)C)NCc1ccccc1OC1CCC1.I. The van der Waals surface area contributed by atoms with E-state index in [1.807, 2.05) is 12.1 Å². The van der Waals surface area contributed by atoms with E-state index >= 15 is 0 Å². The average molecular weight is 475 g/mol. The molecule has 2 N–H and O–H groups in total. The zero-order valence-electron chi connectivity index (χ0n) is 16.3. The zero-order valence-corrected chi connectivity index (χ0v) is 18.6. The van der Waals surface area contributed by atoms with Crippen LogP contribution in [0.4, 0.5) is 0 Å². The van der Waals surface area contributed by atoms with E-state index in [9.17, 15) is 0 Å². The van der Waals surface area contributed by atoms with Crippen LogP contribution in [0.2, 0.25) is 0 Å². The Labute approximate surface area is 175 Å². The molecular weight excluding hydrogens is 441 g/mol. The Morgan fingerprint density at radius 3 is 2.65 bits per heavy atom. The lowest BCUT2D eigenvalue weighted by Gasteiger charge is -2.27. The lowest BCUT2D eigenvalue weighted by Crippen LogP contribution is -2.37. The van der Waals surface area contributed by atoms with E-state index in [1.54, 1.807) is 7.05 Å². The first-order valence-corrected chi connectivity index (χ1v) is 9.46. The Hall–Kier alpha value is -1.02. The summed E-state index contributed by atoms with van der Waals surface area (Å²) in [5, 5.41) is 6.69. The molecule has 0 radical (unpaired) electrons. The van der Waals surface area contributed by atoms with Crippen LogP contribution in [-0.2, 0) is 11.3 Å². The van der Waals surface area contributed by atoms with Gasteiger partial charge in [0.05, 0.1) is 6.10 Å². The molecule has 1 aromatic carbocycles. The molecule has 0 bridgehead atoms. The Bertz CT molecular complexity index is 534. The molecule has 26 heavy (non-hydrogen) atoms. The van der Waals surface area contributed by atoms with Gasteiger partial charge in [0.15, 0.2) is 5.96 Å². The molecule has 0 heterocycles. The van der Waals surface area contributed by atoms with Crippen LogP contribution in [0, 0.1) is 5.92 Å². The van der Waals surface area contributed by atoms with Crippen molar-refractivity contribution in [2.75, 3.05) is 26.8 Å². The normalized spacial score (nSPS) is 14.5. The molecular formula is C20H34IN3O2. The van der Waals surface area contributed by atoms with Crippen LogP contribution in [0.25, 0.3) is 0 Å². The lowest BCUT2D eigenvalue weighted by molar-refractivity contribution is 0.108. The Balaban J connectivity index is 0.00000338. The maximum absolute atomic E-state index is 6.08. The summed E-state index contributed by atoms with van der Waals surface area (Å²) in [7, 11) is 1.79. The van der Waals surface area contributed by atoms with Crippen LogP contribution in [-0.4, -0.2) is 38.9 Å². The summed E-state index contributed by atoms with van der Waals surface area (Å²) in [6.07, 6.45) is 4.98. The van der Waals surface area contributed by atoms with Crippen molar-refractivity contribution in [2.45, 2.75) is 52.2 Å². The van der Waals surface area contributed by atoms with Crippen LogP contribution in [0.1, 0.15) is 45.1 Å². The van der Waals surface area contributed by atoms with Gasteiger partial charge in [-0.1, -0.05) is 32.0 Å². The van der Waals surface area contributed by atoms with E-state index in [0.717, 1.165) is 43.5 Å². The van der Waals surface area contributed by atoms with Crippen molar-refractivity contribution in [3.63, 3.8) is 0 Å². The van der Waals surface area contributed by atoms with Gasteiger partial charge in [0, 0.05) is 38.9 Å². The third-order valence-electron chi connectivity index (χ3n) is 4.20. The largest absolute Gasteiger partial charge is 0.490 e. The van der Waals surface area contributed by atoms with Gasteiger partial charge < -0.3 is 20.1 Å². The summed E-state index contributed by atoms with van der Waals surface area (Å²) in [5.41, 5.74) is 1.16. The van der Waals surface area contributed by atoms with E-state index in [0.29, 0.717) is 18.6 Å². The van der Waals surface area contributed by atoms with Gasteiger partial charge in [-0.25, -0.2) is 0 Å². The molecule has 1 aromatic rings. The van der Waals surface area contributed by atoms with E-state index in [2.05, 4.69) is 41.6 Å². The molecule has 0 unspecified atom stereocenters. The molecule has 1 saturated carbocycles. The lowest BCUT2D eigenvalue weighted by atomic mass is 9.96. The summed E-state index contributed by atoms with van der Waals surface area (Å²) in [6.45, 7) is 7.47. The highest BCUT2D eigenvalue weighted by Crippen LogP contribution is 2.27. The summed E-state index contributed by atoms with van der Waals surface area (Å²) in [4.78, 5) is 4.28. The Morgan fingerprint density at radius 1 is 1.23 bits per heavy atom. The van der Waals surface area contributed by atoms with Crippen LogP contribution < -0.4 is 15.4 Å². The molecule has 5 nitrogen and oxygen atoms in total. The molecule has 6 heteroatoms. The predicted molar refractivity (Wildman–Crippen MR) is 119 cm³/mol. The number of ether oxygens (including phenoxy) is 2. The van der Waals surface area contributed by atoms with Crippen molar-refractivity contribution < 1.29 is 9.47 Å². The van der Waals surface area contributed by atoms with Gasteiger partial charge in [0.25, 0.3) is 0 Å². The molecule has 2 rings (SSSR count). The minimum Gasteiger partial charge on any atom is -0.490 e. The first kappa shape index (κ1) is 23.0. The highest BCUT2D eigenvalue weighted by molar-refractivity contribution is 14.0. The quantitative estimate of drug-likeness (QED) is 0.233. The third-order valence-corrected chi connectivity index (χ3v) is 4.20. The van der Waals surface area contributed by atoms with E-state index < -0.39 is 0 Å². The molecule has 1 aliphatic carbocycles. The number of para-hydroxylation sites is 1. The molecule has 0 saturated heterocycles. The summed E-state index contributed by atoms with van der Waals surface area (Å²) < 4.78 is 11.7. The summed E-state index contributed by atoms with van der Waals surface area (Å²) in [5.74, 6) is 2.38. The van der Waals surface area contributed by atoms with Crippen molar-refractivity contribution in [3.05, 3.63) is 29.8 Å². The number of benzene rings is 1. The second-order valence-corrected chi connectivity index (χ2v) is 6.95. The number of hydrogen-bond acceptors (Lipinski definition) is 3. The van der Waals surface area contributed by atoms with Crippen LogP contribution in [0.5, 0.6) is 5.75 Å². The van der Waals surface area contributed by atoms with Gasteiger partial charge in [-0.05, 0) is 37.7 Å². The van der Waals surface area contributed by atoms with Crippen LogP contribution in [0.15, 0.2) is 29.3 Å². The molecule has 0 spiro atoms. The molecule has 148 valence electrons. The fourth-order valence-electron chi connectivity index (χ4n) is 2.53. The number of aliphatic imine (C=N–C) groups is 1. The minimum atomic E-state index is 0. The van der Waals surface area contributed by atoms with Gasteiger partial charge in [0.1, 0.15) is 5.75 Å². The van der Waals surface area contributed by atoms with Crippen molar-refractivity contribution in [3.8, 4) is 5.75 Å². The smallest absolute Gasteiger partial charge is 0.191 e. The number of guanidine groups is 1. The van der Waals surface area contributed by atoms with E-state index in [-0.39, 0.29) is 24.0 Å². The van der Waals surface area contributed by atoms with Gasteiger partial charge in [-0.2, -0.15) is 0 Å². The van der Waals surface area contributed by atoms with Gasteiger partial charge in [-0.3, -0.25) is 4.99 Å². The molecule has 0 aromatic heterocycles. The first-order chi connectivity index (χ1) is 12.2. The molecule has 0 amide bonds. The second kappa shape index (κ2) is 13.2. The predicted octanol–water partition coefficient (Wildman–Crippen LogP) is 3.96. The zero-order chi connectivity index (χ0) is 17.9. The molecule has 0 aliphatic heterocycles. The van der Waals surface area contributed by atoms with E-state index in [4.69, 9.17) is 9.47 Å². The highest BCUT2D eigenvalue weighted by Gasteiger charge is 2.20.